The van der Waals surface area contributed by atoms with Crippen LogP contribution in [0.1, 0.15) is 0 Å². The molecule has 0 N–H and O–H groups in total. The van der Waals surface area contributed by atoms with Gasteiger partial charge in [0.25, 0.3) is 0 Å². The van der Waals surface area contributed by atoms with Crippen LogP contribution in [0.2, 0.25) is 0 Å². The summed E-state index contributed by atoms with van der Waals surface area (Å²) in [5.74, 6) is 0.999. The van der Waals surface area contributed by atoms with Crippen LogP contribution in [-0.2, 0) is 0 Å². The SMILES string of the molecule is C1=CCN(c2ccc3ccccc3n2)C=C1. The van der Waals surface area contributed by atoms with Gasteiger partial charge in [-0.15, -0.1) is 0 Å². The summed E-state index contributed by atoms with van der Waals surface area (Å²) in [4.78, 5) is 6.77. The van der Waals surface area contributed by atoms with Crippen molar-refractivity contribution < 1.29 is 0 Å². The van der Waals surface area contributed by atoms with Crippen molar-refractivity contribution in [3.05, 3.63) is 60.8 Å². The van der Waals surface area contributed by atoms with Crippen LogP contribution in [0.4, 0.5) is 5.82 Å². The van der Waals surface area contributed by atoms with Gasteiger partial charge in [0.05, 0.1) is 5.52 Å². The Hall–Kier alpha value is -2.09. The fourth-order valence-electron chi connectivity index (χ4n) is 1.85. The third-order valence-corrected chi connectivity index (χ3v) is 2.69. The highest BCUT2D eigenvalue weighted by molar-refractivity contribution is 5.80. The number of nitrogens with zero attached hydrogens (tertiary/aromatic N) is 2. The fraction of sp³-hybridized carbons (Fsp3) is 0.0714. The molecule has 0 bridgehead atoms. The van der Waals surface area contributed by atoms with Gasteiger partial charge in [-0.1, -0.05) is 30.4 Å². The first-order valence-electron chi connectivity index (χ1n) is 5.39. The largest absolute Gasteiger partial charge is 0.329 e. The number of para-hydroxylation sites is 1. The highest BCUT2D eigenvalue weighted by Gasteiger charge is 2.05. The van der Waals surface area contributed by atoms with Gasteiger partial charge < -0.3 is 4.90 Å². The van der Waals surface area contributed by atoms with Gasteiger partial charge in [0.2, 0.25) is 0 Å². The van der Waals surface area contributed by atoms with Crippen molar-refractivity contribution in [1.29, 1.82) is 0 Å². The van der Waals surface area contributed by atoms with Gasteiger partial charge in [-0.3, -0.25) is 0 Å². The molecule has 2 aromatic rings. The summed E-state index contributed by atoms with van der Waals surface area (Å²) < 4.78 is 0. The fourth-order valence-corrected chi connectivity index (χ4v) is 1.85. The van der Waals surface area contributed by atoms with Crippen molar-refractivity contribution in [1.82, 2.24) is 4.98 Å². The Labute approximate surface area is 94.5 Å². The zero-order valence-electron chi connectivity index (χ0n) is 8.88. The predicted octanol–water partition coefficient (Wildman–Crippen LogP) is 3.12. The summed E-state index contributed by atoms with van der Waals surface area (Å²) in [6.45, 7) is 0.891. The summed E-state index contributed by atoms with van der Waals surface area (Å²) in [5.41, 5.74) is 1.04. The van der Waals surface area contributed by atoms with Crippen LogP contribution in [-0.4, -0.2) is 11.5 Å². The molecule has 1 aliphatic heterocycles. The molecule has 0 saturated heterocycles. The minimum atomic E-state index is 0.891. The second kappa shape index (κ2) is 3.81. The molecule has 0 aliphatic carbocycles. The molecule has 0 fully saturated rings. The van der Waals surface area contributed by atoms with Crippen LogP contribution in [0.25, 0.3) is 10.9 Å². The lowest BCUT2D eigenvalue weighted by molar-refractivity contribution is 1.04. The van der Waals surface area contributed by atoms with Gasteiger partial charge in [0.15, 0.2) is 0 Å². The van der Waals surface area contributed by atoms with E-state index in [4.69, 9.17) is 0 Å². The second-order valence-electron chi connectivity index (χ2n) is 3.78. The van der Waals surface area contributed by atoms with Crippen LogP contribution in [0, 0.1) is 0 Å². The summed E-state index contributed by atoms with van der Waals surface area (Å²) in [5, 5.41) is 1.18. The average molecular weight is 208 g/mol. The molecule has 1 aliphatic rings. The number of allylic oxidation sites excluding steroid dienone is 2. The van der Waals surface area contributed by atoms with Crippen LogP contribution in [0.15, 0.2) is 60.8 Å². The lowest BCUT2D eigenvalue weighted by Crippen LogP contribution is -2.18. The predicted molar refractivity (Wildman–Crippen MR) is 67.4 cm³/mol. The molecule has 0 saturated carbocycles. The van der Waals surface area contributed by atoms with Crippen LogP contribution >= 0.6 is 0 Å². The number of pyridine rings is 1. The first kappa shape index (κ1) is 9.16. The van der Waals surface area contributed by atoms with Gasteiger partial charge >= 0.3 is 0 Å². The first-order chi connectivity index (χ1) is 7.93. The Morgan fingerprint density at radius 1 is 1.00 bits per heavy atom. The number of aromatic nitrogens is 1. The molecule has 2 heteroatoms. The molecular weight excluding hydrogens is 196 g/mol. The maximum atomic E-state index is 4.64. The molecule has 16 heavy (non-hydrogen) atoms. The molecule has 1 aromatic carbocycles. The molecule has 2 nitrogen and oxygen atoms in total. The van der Waals surface area contributed by atoms with Crippen molar-refractivity contribution >= 4 is 16.7 Å². The third-order valence-electron chi connectivity index (χ3n) is 2.69. The standard InChI is InChI=1S/C14H12N2/c1-4-10-16(11-5-1)14-9-8-12-6-2-3-7-13(12)15-14/h1-10H,11H2. The Morgan fingerprint density at radius 3 is 2.81 bits per heavy atom. The summed E-state index contributed by atoms with van der Waals surface area (Å²) >= 11 is 0. The lowest BCUT2D eigenvalue weighted by atomic mass is 10.2. The Bertz CT molecular complexity index is 570. The maximum Gasteiger partial charge on any atom is 0.133 e. The van der Waals surface area contributed by atoms with Crippen LogP contribution < -0.4 is 4.90 Å². The van der Waals surface area contributed by atoms with E-state index in [1.54, 1.807) is 0 Å². The van der Waals surface area contributed by atoms with E-state index in [1.807, 2.05) is 24.3 Å². The van der Waals surface area contributed by atoms with E-state index in [2.05, 4.69) is 46.4 Å². The molecule has 78 valence electrons. The topological polar surface area (TPSA) is 16.1 Å². The summed E-state index contributed by atoms with van der Waals surface area (Å²) in [6, 6.07) is 12.4. The molecule has 0 unspecified atom stereocenters. The number of fused-ring (bicyclic) bond motifs is 1. The van der Waals surface area contributed by atoms with Gasteiger partial charge in [-0.2, -0.15) is 0 Å². The normalized spacial score (nSPS) is 14.6. The molecular formula is C14H12N2. The summed E-state index contributed by atoms with van der Waals surface area (Å²) in [6.07, 6.45) is 8.26. The number of rotatable bonds is 1. The van der Waals surface area contributed by atoms with Crippen LogP contribution in [0.3, 0.4) is 0 Å². The van der Waals surface area contributed by atoms with Crippen molar-refractivity contribution in [2.45, 2.75) is 0 Å². The summed E-state index contributed by atoms with van der Waals surface area (Å²) in [7, 11) is 0. The Morgan fingerprint density at radius 2 is 1.94 bits per heavy atom. The molecule has 2 heterocycles. The molecule has 0 amide bonds. The highest BCUT2D eigenvalue weighted by Crippen LogP contribution is 2.18. The van der Waals surface area contributed by atoms with E-state index in [1.165, 1.54) is 5.39 Å². The molecule has 0 radical (unpaired) electrons. The highest BCUT2D eigenvalue weighted by atomic mass is 15.2. The number of hydrogen-bond acceptors (Lipinski definition) is 2. The Kier molecular flexibility index (Phi) is 2.18. The maximum absolute atomic E-state index is 4.64. The van der Waals surface area contributed by atoms with Crippen molar-refractivity contribution in [2.75, 3.05) is 11.4 Å². The number of anilines is 1. The Balaban J connectivity index is 2.05. The molecule has 1 aromatic heterocycles. The number of benzene rings is 1. The molecule has 3 rings (SSSR count). The third kappa shape index (κ3) is 1.58. The minimum Gasteiger partial charge on any atom is -0.329 e. The lowest BCUT2D eigenvalue weighted by Gasteiger charge is -2.19. The van der Waals surface area contributed by atoms with Crippen LogP contribution in [0.5, 0.6) is 0 Å². The van der Waals surface area contributed by atoms with Gasteiger partial charge in [-0.05, 0) is 24.3 Å². The van der Waals surface area contributed by atoms with Crippen molar-refractivity contribution in [2.24, 2.45) is 0 Å². The van der Waals surface area contributed by atoms with Crippen molar-refractivity contribution in [3.8, 4) is 0 Å². The van der Waals surface area contributed by atoms with E-state index in [9.17, 15) is 0 Å². The second-order valence-corrected chi connectivity index (χ2v) is 3.78. The van der Waals surface area contributed by atoms with Crippen molar-refractivity contribution in [3.63, 3.8) is 0 Å². The van der Waals surface area contributed by atoms with E-state index >= 15 is 0 Å². The monoisotopic (exact) mass is 208 g/mol. The number of hydrogen-bond donors (Lipinski definition) is 0. The van der Waals surface area contributed by atoms with E-state index in [0.29, 0.717) is 0 Å². The average Bonchev–Trinajstić information content (AvgIpc) is 2.39. The zero-order valence-corrected chi connectivity index (χ0v) is 8.88. The van der Waals surface area contributed by atoms with Gasteiger partial charge in [0.1, 0.15) is 5.82 Å². The van der Waals surface area contributed by atoms with E-state index < -0.39 is 0 Å². The quantitative estimate of drug-likeness (QED) is 0.715. The van der Waals surface area contributed by atoms with Gasteiger partial charge in [-0.25, -0.2) is 4.98 Å². The van der Waals surface area contributed by atoms with Gasteiger partial charge in [0, 0.05) is 18.1 Å². The van der Waals surface area contributed by atoms with E-state index in [-0.39, 0.29) is 0 Å². The first-order valence-corrected chi connectivity index (χ1v) is 5.39. The molecule has 0 spiro atoms. The minimum absolute atomic E-state index is 0.891. The molecule has 0 atom stereocenters. The zero-order chi connectivity index (χ0) is 10.8. The van der Waals surface area contributed by atoms with E-state index in [0.717, 1.165) is 17.9 Å². The smallest absolute Gasteiger partial charge is 0.133 e.